The van der Waals surface area contributed by atoms with Crippen molar-refractivity contribution in [2.24, 2.45) is 0 Å². The van der Waals surface area contributed by atoms with E-state index in [1.165, 1.54) is 13.8 Å². The monoisotopic (exact) mass is 348 g/mol. The highest BCUT2D eigenvalue weighted by Crippen LogP contribution is 2.28. The summed E-state index contributed by atoms with van der Waals surface area (Å²) >= 11 is 5.74. The standard InChI is InChI=1S/C13H18ClN2O5P/c1-8(12(17)16-9(2)22(19)20)15-13(18)21-7-10-3-5-11(14)6-4-10/h3-6,8-9,19-20H,7H2,1-2H3,(H,15,18)(H,16,17)/t8-,9?/m0/s1. The van der Waals surface area contributed by atoms with Gasteiger partial charge in [-0.25, -0.2) is 4.79 Å². The Balaban J connectivity index is 2.37. The Morgan fingerprint density at radius 2 is 1.82 bits per heavy atom. The predicted octanol–water partition coefficient (Wildman–Crippen LogP) is 1.71. The lowest BCUT2D eigenvalue weighted by Gasteiger charge is -2.18. The summed E-state index contributed by atoms with van der Waals surface area (Å²) in [6.45, 7) is 2.96. The summed E-state index contributed by atoms with van der Waals surface area (Å²) in [4.78, 5) is 41.2. The van der Waals surface area contributed by atoms with Gasteiger partial charge < -0.3 is 25.2 Å². The summed E-state index contributed by atoms with van der Waals surface area (Å²) in [5.74, 6) is -1.32. The van der Waals surface area contributed by atoms with Gasteiger partial charge in [0.1, 0.15) is 12.6 Å². The van der Waals surface area contributed by atoms with Crippen LogP contribution in [0.1, 0.15) is 19.4 Å². The number of hydrogen-bond donors (Lipinski definition) is 4. The first-order chi connectivity index (χ1) is 10.3. The summed E-state index contributed by atoms with van der Waals surface area (Å²) in [6, 6.07) is 5.93. The van der Waals surface area contributed by atoms with Gasteiger partial charge in [0.05, 0.1) is 5.78 Å². The van der Waals surface area contributed by atoms with Crippen molar-refractivity contribution in [2.45, 2.75) is 32.3 Å². The molecule has 0 aliphatic carbocycles. The van der Waals surface area contributed by atoms with Crippen LogP contribution in [0.15, 0.2) is 24.3 Å². The molecule has 0 aliphatic rings. The molecule has 4 N–H and O–H groups in total. The second-order valence-corrected chi connectivity index (χ2v) is 6.43. The van der Waals surface area contributed by atoms with E-state index in [-0.39, 0.29) is 6.61 Å². The van der Waals surface area contributed by atoms with Gasteiger partial charge in [0.2, 0.25) is 5.91 Å². The van der Waals surface area contributed by atoms with Crippen LogP contribution in [-0.4, -0.2) is 33.6 Å². The highest BCUT2D eigenvalue weighted by atomic mass is 35.5. The van der Waals surface area contributed by atoms with Crippen LogP contribution in [0.25, 0.3) is 0 Å². The van der Waals surface area contributed by atoms with Crippen molar-refractivity contribution >= 4 is 32.0 Å². The SMILES string of the molecule is CC(NC(=O)[C@H](C)NC(=O)OCc1ccc(Cl)cc1)P(O)O. The van der Waals surface area contributed by atoms with E-state index in [1.807, 2.05) is 0 Å². The number of alkyl carbamates (subject to hydrolysis) is 1. The van der Waals surface area contributed by atoms with E-state index in [0.29, 0.717) is 5.02 Å². The fraction of sp³-hybridized carbons (Fsp3) is 0.385. The summed E-state index contributed by atoms with van der Waals surface area (Å²) < 4.78 is 4.97. The number of ether oxygens (including phenoxy) is 1. The Morgan fingerprint density at radius 3 is 2.36 bits per heavy atom. The number of amides is 2. The fourth-order valence-electron chi connectivity index (χ4n) is 1.40. The van der Waals surface area contributed by atoms with Crippen LogP contribution in [0.2, 0.25) is 5.02 Å². The van der Waals surface area contributed by atoms with Gasteiger partial charge >= 0.3 is 6.09 Å². The molecular weight excluding hydrogens is 331 g/mol. The molecule has 0 saturated heterocycles. The zero-order valence-corrected chi connectivity index (χ0v) is 13.8. The number of benzene rings is 1. The Labute approximate surface area is 134 Å². The number of rotatable bonds is 6. The maximum absolute atomic E-state index is 11.7. The minimum atomic E-state index is -2.27. The lowest BCUT2D eigenvalue weighted by atomic mass is 10.2. The van der Waals surface area contributed by atoms with Gasteiger partial charge in [-0.3, -0.25) is 4.79 Å². The molecule has 0 fully saturated rings. The quantitative estimate of drug-likeness (QED) is 0.585. The lowest BCUT2D eigenvalue weighted by Crippen LogP contribution is -2.47. The summed E-state index contributed by atoms with van der Waals surface area (Å²) in [6.07, 6.45) is -0.750. The van der Waals surface area contributed by atoms with E-state index in [4.69, 9.17) is 26.1 Å². The van der Waals surface area contributed by atoms with Crippen molar-refractivity contribution in [3.05, 3.63) is 34.9 Å². The molecular formula is C13H18ClN2O5P. The zero-order valence-electron chi connectivity index (χ0n) is 12.1. The minimum absolute atomic E-state index is 0.0479. The van der Waals surface area contributed by atoms with Gasteiger partial charge in [0.25, 0.3) is 0 Å². The molecule has 0 aliphatic heterocycles. The molecule has 2 amide bonds. The Kier molecular flexibility index (Phi) is 7.55. The second-order valence-electron chi connectivity index (χ2n) is 4.57. The van der Waals surface area contributed by atoms with Crippen LogP contribution in [-0.2, 0) is 16.1 Å². The molecule has 1 aromatic rings. The van der Waals surface area contributed by atoms with Crippen molar-refractivity contribution < 1.29 is 24.1 Å². The first-order valence-corrected chi connectivity index (χ1v) is 8.14. The molecule has 0 radical (unpaired) electrons. The molecule has 122 valence electrons. The van der Waals surface area contributed by atoms with E-state index in [0.717, 1.165) is 5.56 Å². The van der Waals surface area contributed by atoms with E-state index >= 15 is 0 Å². The van der Waals surface area contributed by atoms with E-state index in [2.05, 4.69) is 10.6 Å². The van der Waals surface area contributed by atoms with Gasteiger partial charge in [0.15, 0.2) is 8.38 Å². The third kappa shape index (κ3) is 6.58. The number of halogens is 1. The number of carbonyl (C=O) groups excluding carboxylic acids is 2. The lowest BCUT2D eigenvalue weighted by molar-refractivity contribution is -0.122. The van der Waals surface area contributed by atoms with E-state index < -0.39 is 32.2 Å². The van der Waals surface area contributed by atoms with Crippen molar-refractivity contribution in [1.82, 2.24) is 10.6 Å². The van der Waals surface area contributed by atoms with E-state index in [1.54, 1.807) is 24.3 Å². The third-order valence-corrected chi connectivity index (χ3v) is 3.78. The molecule has 1 rings (SSSR count). The Morgan fingerprint density at radius 1 is 1.23 bits per heavy atom. The van der Waals surface area contributed by atoms with Crippen LogP contribution in [0, 0.1) is 0 Å². The number of hydrogen-bond acceptors (Lipinski definition) is 5. The second kappa shape index (κ2) is 8.90. The van der Waals surface area contributed by atoms with Gasteiger partial charge in [0, 0.05) is 5.02 Å². The largest absolute Gasteiger partial charge is 0.445 e. The highest BCUT2D eigenvalue weighted by molar-refractivity contribution is 7.45. The maximum atomic E-state index is 11.7. The van der Waals surface area contributed by atoms with Gasteiger partial charge in [-0.1, -0.05) is 23.7 Å². The minimum Gasteiger partial charge on any atom is -0.445 e. The van der Waals surface area contributed by atoms with Crippen LogP contribution in [0.3, 0.4) is 0 Å². The first kappa shape index (κ1) is 18.6. The molecule has 0 saturated carbocycles. The average molecular weight is 349 g/mol. The smallest absolute Gasteiger partial charge is 0.408 e. The molecule has 0 bridgehead atoms. The van der Waals surface area contributed by atoms with Gasteiger partial charge in [-0.05, 0) is 31.5 Å². The van der Waals surface area contributed by atoms with Crippen LogP contribution in [0.4, 0.5) is 4.79 Å². The first-order valence-electron chi connectivity index (χ1n) is 6.44. The molecule has 0 spiro atoms. The average Bonchev–Trinajstić information content (AvgIpc) is 2.46. The normalized spacial score (nSPS) is 13.4. The Hall–Kier alpha value is -1.40. The molecule has 22 heavy (non-hydrogen) atoms. The molecule has 9 heteroatoms. The van der Waals surface area contributed by atoms with Crippen LogP contribution >= 0.6 is 20.0 Å². The summed E-state index contributed by atoms with van der Waals surface area (Å²) in [7, 11) is -2.27. The van der Waals surface area contributed by atoms with Crippen molar-refractivity contribution in [2.75, 3.05) is 0 Å². The maximum Gasteiger partial charge on any atom is 0.408 e. The summed E-state index contributed by atoms with van der Waals surface area (Å²) in [5.41, 5.74) is 0.761. The molecule has 1 aromatic carbocycles. The van der Waals surface area contributed by atoms with Gasteiger partial charge in [-0.15, -0.1) is 0 Å². The van der Waals surface area contributed by atoms with Crippen molar-refractivity contribution in [3.8, 4) is 0 Å². The number of nitrogens with one attached hydrogen (secondary N) is 2. The zero-order chi connectivity index (χ0) is 16.7. The molecule has 7 nitrogen and oxygen atoms in total. The van der Waals surface area contributed by atoms with Crippen molar-refractivity contribution in [3.63, 3.8) is 0 Å². The van der Waals surface area contributed by atoms with Crippen LogP contribution < -0.4 is 10.6 Å². The Bertz CT molecular complexity index is 512. The predicted molar refractivity (Wildman–Crippen MR) is 83.2 cm³/mol. The van der Waals surface area contributed by atoms with Crippen LogP contribution in [0.5, 0.6) is 0 Å². The highest BCUT2D eigenvalue weighted by Gasteiger charge is 2.21. The fourth-order valence-corrected chi connectivity index (χ4v) is 1.77. The van der Waals surface area contributed by atoms with Crippen molar-refractivity contribution in [1.29, 1.82) is 0 Å². The van der Waals surface area contributed by atoms with Gasteiger partial charge in [-0.2, -0.15) is 0 Å². The molecule has 0 heterocycles. The molecule has 2 atom stereocenters. The summed E-state index contributed by atoms with van der Waals surface area (Å²) in [5, 5.41) is 5.30. The molecule has 1 unspecified atom stereocenters. The topological polar surface area (TPSA) is 108 Å². The van der Waals surface area contributed by atoms with E-state index in [9.17, 15) is 9.59 Å². The third-order valence-electron chi connectivity index (χ3n) is 2.71. The number of carbonyl (C=O) groups is 2. The molecule has 0 aromatic heterocycles.